The third-order valence-electron chi connectivity index (χ3n) is 6.67. The first-order valence-electron chi connectivity index (χ1n) is 11.4. The molecule has 12 heteroatoms. The zero-order valence-electron chi connectivity index (χ0n) is 19.3. The first-order valence-corrected chi connectivity index (χ1v) is 11.7. The first-order chi connectivity index (χ1) is 15.7. The van der Waals surface area contributed by atoms with E-state index in [1.165, 1.54) is 0 Å². The topological polar surface area (TPSA) is 114 Å². The summed E-state index contributed by atoms with van der Waals surface area (Å²) in [6, 6.07) is 0.199. The van der Waals surface area contributed by atoms with Gasteiger partial charge in [0.1, 0.15) is 0 Å². The van der Waals surface area contributed by atoms with E-state index in [4.69, 9.17) is 11.6 Å². The lowest BCUT2D eigenvalue weighted by Gasteiger charge is -2.43. The number of hydrazine groups is 1. The molecule has 1 saturated carbocycles. The van der Waals surface area contributed by atoms with Gasteiger partial charge in [-0.05, 0) is 44.8 Å². The Labute approximate surface area is 198 Å². The van der Waals surface area contributed by atoms with E-state index < -0.39 is 17.6 Å². The molecule has 3 rings (SSSR count). The highest BCUT2D eigenvalue weighted by atomic mass is 35.5. The van der Waals surface area contributed by atoms with Gasteiger partial charge in [0.05, 0.1) is 12.5 Å². The summed E-state index contributed by atoms with van der Waals surface area (Å²) in [5.41, 5.74) is 5.00. The van der Waals surface area contributed by atoms with Crippen LogP contribution < -0.4 is 15.8 Å². The largest absolute Gasteiger partial charge is 0.348 e. The van der Waals surface area contributed by atoms with Crippen molar-refractivity contribution in [2.24, 2.45) is 11.8 Å². The van der Waals surface area contributed by atoms with Crippen LogP contribution in [0.4, 0.5) is 16.0 Å². The zero-order chi connectivity index (χ0) is 24.1. The lowest BCUT2D eigenvalue weighted by Crippen LogP contribution is -2.55. The average molecular weight is 486 g/mol. The SMILES string of the molecule is C[C@H]1CN(c2nc(Cl)nc(NNC(=O)[C@H](CC3CCCC3)CN(O)C=O)c2F)[C@@H](C)CN1C. The minimum Gasteiger partial charge on any atom is -0.348 e. The number of anilines is 2. The number of piperazine rings is 1. The summed E-state index contributed by atoms with van der Waals surface area (Å²) in [4.78, 5) is 35.7. The van der Waals surface area contributed by atoms with Gasteiger partial charge in [0.2, 0.25) is 23.4 Å². The molecular formula is C21H33ClFN7O3. The Balaban J connectivity index is 1.72. The quantitative estimate of drug-likeness (QED) is 0.211. The summed E-state index contributed by atoms with van der Waals surface area (Å²) in [5.74, 6) is -1.67. The molecule has 0 unspecified atom stereocenters. The molecule has 33 heavy (non-hydrogen) atoms. The lowest BCUT2D eigenvalue weighted by molar-refractivity contribution is -0.154. The Kier molecular flexibility index (Phi) is 8.66. The second-order valence-corrected chi connectivity index (χ2v) is 9.53. The van der Waals surface area contributed by atoms with Gasteiger partial charge in [0, 0.05) is 25.2 Å². The number of hydroxylamine groups is 2. The Morgan fingerprint density at radius 2 is 2.00 bits per heavy atom. The number of aromatic nitrogens is 2. The van der Waals surface area contributed by atoms with Gasteiger partial charge in [-0.1, -0.05) is 25.7 Å². The Morgan fingerprint density at radius 1 is 1.30 bits per heavy atom. The first kappa shape index (κ1) is 25.4. The van der Waals surface area contributed by atoms with Crippen LogP contribution in [0.2, 0.25) is 5.28 Å². The van der Waals surface area contributed by atoms with Crippen LogP contribution in [-0.4, -0.2) is 76.2 Å². The van der Waals surface area contributed by atoms with Crippen LogP contribution in [0.1, 0.15) is 46.0 Å². The summed E-state index contributed by atoms with van der Waals surface area (Å²) in [6.07, 6.45) is 4.99. The number of nitrogens with one attached hydrogen (secondary N) is 2. The van der Waals surface area contributed by atoms with E-state index in [1.807, 2.05) is 25.8 Å². The normalized spacial score (nSPS) is 22.8. The van der Waals surface area contributed by atoms with Crippen LogP contribution in [0.15, 0.2) is 0 Å². The molecule has 1 aromatic heterocycles. The number of nitrogens with zero attached hydrogens (tertiary/aromatic N) is 5. The number of carbonyl (C=O) groups is 2. The second kappa shape index (κ2) is 11.3. The molecule has 0 spiro atoms. The van der Waals surface area contributed by atoms with Crippen LogP contribution in [0.25, 0.3) is 0 Å². The van der Waals surface area contributed by atoms with Crippen molar-refractivity contribution in [3.63, 3.8) is 0 Å². The molecule has 0 radical (unpaired) electrons. The van der Waals surface area contributed by atoms with E-state index >= 15 is 4.39 Å². The summed E-state index contributed by atoms with van der Waals surface area (Å²) >= 11 is 6.08. The van der Waals surface area contributed by atoms with Crippen molar-refractivity contribution in [3.05, 3.63) is 11.1 Å². The van der Waals surface area contributed by atoms with Crippen LogP contribution in [0.5, 0.6) is 0 Å². The van der Waals surface area contributed by atoms with Crippen LogP contribution >= 0.6 is 11.6 Å². The molecule has 184 valence electrons. The minimum atomic E-state index is -0.715. The minimum absolute atomic E-state index is 0.00350. The maximum atomic E-state index is 15.3. The van der Waals surface area contributed by atoms with Crippen molar-refractivity contribution < 1.29 is 19.2 Å². The highest BCUT2D eigenvalue weighted by Crippen LogP contribution is 2.31. The maximum absolute atomic E-state index is 15.3. The van der Waals surface area contributed by atoms with Gasteiger partial charge in [0.25, 0.3) is 0 Å². The Morgan fingerprint density at radius 3 is 2.67 bits per heavy atom. The van der Waals surface area contributed by atoms with Crippen molar-refractivity contribution in [1.29, 1.82) is 0 Å². The number of amides is 2. The van der Waals surface area contributed by atoms with Gasteiger partial charge in [-0.15, -0.1) is 0 Å². The fraction of sp³-hybridized carbons (Fsp3) is 0.714. The molecule has 3 atom stereocenters. The van der Waals surface area contributed by atoms with Crippen molar-refractivity contribution in [3.8, 4) is 0 Å². The Hall–Kier alpha value is -2.24. The third kappa shape index (κ3) is 6.42. The molecule has 3 N–H and O–H groups in total. The summed E-state index contributed by atoms with van der Waals surface area (Å²) in [6.45, 7) is 5.18. The van der Waals surface area contributed by atoms with Crippen LogP contribution in [0, 0.1) is 17.7 Å². The number of halogens is 2. The molecule has 1 aromatic rings. The van der Waals surface area contributed by atoms with Gasteiger partial charge in [0.15, 0.2) is 11.6 Å². The van der Waals surface area contributed by atoms with Gasteiger partial charge in [-0.2, -0.15) is 14.4 Å². The summed E-state index contributed by atoms with van der Waals surface area (Å²) in [7, 11) is 2.02. The smallest absolute Gasteiger partial charge is 0.243 e. The molecule has 0 aromatic carbocycles. The van der Waals surface area contributed by atoms with Crippen molar-refractivity contribution >= 4 is 35.6 Å². The van der Waals surface area contributed by atoms with Crippen molar-refractivity contribution in [2.45, 2.75) is 58.0 Å². The molecule has 2 fully saturated rings. The van der Waals surface area contributed by atoms with Crippen LogP contribution in [0.3, 0.4) is 0 Å². The molecule has 1 saturated heterocycles. The average Bonchev–Trinajstić information content (AvgIpc) is 3.29. The maximum Gasteiger partial charge on any atom is 0.243 e. The number of carbonyl (C=O) groups excluding carboxylic acids is 2. The van der Waals surface area contributed by atoms with Crippen molar-refractivity contribution in [2.75, 3.05) is 37.0 Å². The number of likely N-dealkylation sites (N-methyl/N-ethyl adjacent to an activating group) is 1. The molecule has 1 aliphatic heterocycles. The number of hydrogen-bond donors (Lipinski definition) is 3. The summed E-state index contributed by atoms with van der Waals surface area (Å²) in [5, 5.41) is 9.93. The predicted molar refractivity (Wildman–Crippen MR) is 122 cm³/mol. The van der Waals surface area contributed by atoms with Gasteiger partial charge < -0.3 is 4.90 Å². The van der Waals surface area contributed by atoms with Gasteiger partial charge >= 0.3 is 0 Å². The van der Waals surface area contributed by atoms with Crippen molar-refractivity contribution in [1.82, 2.24) is 25.4 Å². The molecule has 2 amide bonds. The molecule has 10 nitrogen and oxygen atoms in total. The van der Waals surface area contributed by atoms with E-state index in [0.29, 0.717) is 23.9 Å². The number of hydrogen-bond acceptors (Lipinski definition) is 8. The van der Waals surface area contributed by atoms with E-state index in [2.05, 4.69) is 25.7 Å². The highest BCUT2D eigenvalue weighted by Gasteiger charge is 2.31. The lowest BCUT2D eigenvalue weighted by atomic mass is 9.92. The summed E-state index contributed by atoms with van der Waals surface area (Å²) < 4.78 is 15.3. The second-order valence-electron chi connectivity index (χ2n) is 9.19. The van der Waals surface area contributed by atoms with E-state index in [1.54, 1.807) is 0 Å². The molecule has 0 bridgehead atoms. The van der Waals surface area contributed by atoms with E-state index in [-0.39, 0.29) is 42.0 Å². The van der Waals surface area contributed by atoms with Gasteiger partial charge in [-0.25, -0.2) is 5.06 Å². The third-order valence-corrected chi connectivity index (χ3v) is 6.84. The highest BCUT2D eigenvalue weighted by molar-refractivity contribution is 6.28. The number of rotatable bonds is 9. The molecule has 1 aliphatic carbocycles. The predicted octanol–water partition coefficient (Wildman–Crippen LogP) is 2.29. The monoisotopic (exact) mass is 485 g/mol. The van der Waals surface area contributed by atoms with E-state index in [0.717, 1.165) is 32.2 Å². The van der Waals surface area contributed by atoms with Gasteiger partial charge in [-0.3, -0.25) is 30.5 Å². The molecule has 2 aliphatic rings. The zero-order valence-corrected chi connectivity index (χ0v) is 20.1. The van der Waals surface area contributed by atoms with Crippen LogP contribution in [-0.2, 0) is 9.59 Å². The Bertz CT molecular complexity index is 842. The standard InChI is InChI=1S/C21H33ClFN7O3/c1-13-10-30(14(2)9-28(13)3)19-17(23)18(24-21(22)25-19)26-27-20(32)16(11-29(33)12-31)8-15-6-4-5-7-15/h12-16,33H,4-11H2,1-3H3,(H,27,32)(H,24,25,26)/t13-,14-,16+/m0/s1. The fourth-order valence-corrected chi connectivity index (χ4v) is 4.85. The molecule has 2 heterocycles. The van der Waals surface area contributed by atoms with E-state index in [9.17, 15) is 14.8 Å². The fourth-order valence-electron chi connectivity index (χ4n) is 4.68. The molecular weight excluding hydrogens is 453 g/mol.